The average molecular weight is 287 g/mol. The van der Waals surface area contributed by atoms with Crippen LogP contribution in [0.5, 0.6) is 0 Å². The van der Waals surface area contributed by atoms with Crippen molar-refractivity contribution in [1.29, 1.82) is 0 Å². The third kappa shape index (κ3) is 2.50. The van der Waals surface area contributed by atoms with Gasteiger partial charge >= 0.3 is 0 Å². The highest BCUT2D eigenvalue weighted by atomic mass is 28.3. The summed E-state index contributed by atoms with van der Waals surface area (Å²) in [5, 5.41) is 0. The molecule has 5 unspecified atom stereocenters. The normalized spacial score (nSPS) is 37.7. The van der Waals surface area contributed by atoms with Crippen molar-refractivity contribution in [2.75, 3.05) is 0 Å². The molecule has 0 radical (unpaired) electrons. The first kappa shape index (κ1) is 14.4. The molecule has 0 saturated heterocycles. The Labute approximate surface area is 126 Å². The Hall–Kier alpha value is -0.563. The maximum absolute atomic E-state index is 2.60. The second-order valence-corrected chi connectivity index (χ2v) is 13.8. The fourth-order valence-electron chi connectivity index (χ4n) is 5.69. The summed E-state index contributed by atoms with van der Waals surface area (Å²) >= 11 is 0. The molecule has 20 heavy (non-hydrogen) atoms. The van der Waals surface area contributed by atoms with Crippen LogP contribution in [0.25, 0.3) is 0 Å². The number of fused-ring (bicyclic) bond motifs is 1. The first-order chi connectivity index (χ1) is 9.48. The molecule has 0 aromatic heterocycles. The average Bonchev–Trinajstić information content (AvgIpc) is 2.75. The van der Waals surface area contributed by atoms with E-state index >= 15 is 0 Å². The quantitative estimate of drug-likeness (QED) is 0.591. The summed E-state index contributed by atoms with van der Waals surface area (Å²) in [6.45, 7) is 10.3. The van der Waals surface area contributed by atoms with E-state index in [1.165, 1.54) is 25.7 Å². The van der Waals surface area contributed by atoms with Crippen LogP contribution in [-0.2, 0) is 0 Å². The van der Waals surface area contributed by atoms with Gasteiger partial charge in [-0.15, -0.1) is 0 Å². The minimum Gasteiger partial charge on any atom is -0.0693 e. The maximum Gasteiger partial charge on any atom is 0.0479 e. The molecule has 2 saturated carbocycles. The Morgan fingerprint density at radius 1 is 0.950 bits per heavy atom. The molecule has 3 rings (SSSR count). The molecule has 0 aliphatic heterocycles. The van der Waals surface area contributed by atoms with Crippen molar-refractivity contribution in [3.05, 3.63) is 35.9 Å². The molecule has 0 amide bonds. The van der Waals surface area contributed by atoms with E-state index in [-0.39, 0.29) is 0 Å². The molecule has 0 bridgehead atoms. The van der Waals surface area contributed by atoms with Gasteiger partial charge in [0, 0.05) is 8.07 Å². The van der Waals surface area contributed by atoms with Gasteiger partial charge in [-0.1, -0.05) is 69.7 Å². The molecule has 0 N–H and O–H groups in total. The summed E-state index contributed by atoms with van der Waals surface area (Å²) in [5.41, 5.74) is 2.67. The van der Waals surface area contributed by atoms with Crippen molar-refractivity contribution in [2.45, 2.75) is 63.7 Å². The lowest BCUT2D eigenvalue weighted by molar-refractivity contribution is 0.236. The predicted molar refractivity (Wildman–Crippen MR) is 90.9 cm³/mol. The van der Waals surface area contributed by atoms with Gasteiger partial charge in [-0.05, 0) is 47.6 Å². The van der Waals surface area contributed by atoms with Gasteiger partial charge in [0.05, 0.1) is 0 Å². The summed E-state index contributed by atoms with van der Waals surface area (Å²) in [4.78, 5) is 0. The van der Waals surface area contributed by atoms with Crippen molar-refractivity contribution in [1.82, 2.24) is 0 Å². The van der Waals surface area contributed by atoms with Crippen LogP contribution < -0.4 is 0 Å². The summed E-state index contributed by atoms with van der Waals surface area (Å²) < 4.78 is 0. The summed E-state index contributed by atoms with van der Waals surface area (Å²) in [7, 11) is -1.03. The smallest absolute Gasteiger partial charge is 0.0479 e. The second kappa shape index (κ2) is 5.33. The lowest BCUT2D eigenvalue weighted by Crippen LogP contribution is -2.36. The van der Waals surface area contributed by atoms with Gasteiger partial charge in [0.25, 0.3) is 0 Å². The highest BCUT2D eigenvalue weighted by Gasteiger charge is 2.50. The SMILES string of the molecule is CC1CC2C(c3ccccc3)CCCC2C1[Si](C)(C)C. The van der Waals surface area contributed by atoms with E-state index in [1.54, 1.807) is 5.56 Å². The Balaban J connectivity index is 1.88. The van der Waals surface area contributed by atoms with Crippen LogP contribution in [-0.4, -0.2) is 8.07 Å². The predicted octanol–water partition coefficient (Wildman–Crippen LogP) is 5.93. The van der Waals surface area contributed by atoms with Gasteiger partial charge in [-0.25, -0.2) is 0 Å². The molecule has 2 aliphatic rings. The van der Waals surface area contributed by atoms with E-state index < -0.39 is 8.07 Å². The third-order valence-corrected chi connectivity index (χ3v) is 9.06. The van der Waals surface area contributed by atoms with Gasteiger partial charge < -0.3 is 0 Å². The van der Waals surface area contributed by atoms with Gasteiger partial charge in [-0.2, -0.15) is 0 Å². The molecule has 110 valence electrons. The van der Waals surface area contributed by atoms with E-state index in [4.69, 9.17) is 0 Å². The van der Waals surface area contributed by atoms with Crippen LogP contribution in [0.4, 0.5) is 0 Å². The molecule has 1 heteroatoms. The van der Waals surface area contributed by atoms with Crippen LogP contribution in [0.15, 0.2) is 30.3 Å². The molecule has 2 aliphatic carbocycles. The molecule has 0 nitrogen and oxygen atoms in total. The maximum atomic E-state index is 2.60. The van der Waals surface area contributed by atoms with Crippen molar-refractivity contribution in [3.8, 4) is 0 Å². The van der Waals surface area contributed by atoms with E-state index in [0.29, 0.717) is 0 Å². The number of hydrogen-bond donors (Lipinski definition) is 0. The van der Waals surface area contributed by atoms with Crippen LogP contribution in [0.3, 0.4) is 0 Å². The minimum atomic E-state index is -1.03. The zero-order valence-corrected chi connectivity index (χ0v) is 14.6. The summed E-state index contributed by atoms with van der Waals surface area (Å²) in [5.74, 6) is 3.80. The van der Waals surface area contributed by atoms with Crippen LogP contribution in [0.2, 0.25) is 25.2 Å². The van der Waals surface area contributed by atoms with Crippen molar-refractivity contribution in [3.63, 3.8) is 0 Å². The molecule has 0 spiro atoms. The fourth-order valence-corrected chi connectivity index (χ4v) is 9.23. The van der Waals surface area contributed by atoms with Crippen molar-refractivity contribution >= 4 is 8.07 Å². The van der Waals surface area contributed by atoms with E-state index in [2.05, 4.69) is 56.9 Å². The van der Waals surface area contributed by atoms with E-state index in [1.807, 2.05) is 0 Å². The largest absolute Gasteiger partial charge is 0.0693 e. The van der Waals surface area contributed by atoms with E-state index in [9.17, 15) is 0 Å². The van der Waals surface area contributed by atoms with Crippen LogP contribution in [0, 0.1) is 17.8 Å². The number of rotatable bonds is 2. The fraction of sp³-hybridized carbons (Fsp3) is 0.684. The van der Waals surface area contributed by atoms with E-state index in [0.717, 1.165) is 29.2 Å². The van der Waals surface area contributed by atoms with Gasteiger partial charge in [-0.3, -0.25) is 0 Å². The first-order valence-electron chi connectivity index (χ1n) is 8.53. The van der Waals surface area contributed by atoms with Gasteiger partial charge in [0.15, 0.2) is 0 Å². The molecule has 5 atom stereocenters. The molecule has 1 aromatic carbocycles. The Morgan fingerprint density at radius 2 is 1.65 bits per heavy atom. The van der Waals surface area contributed by atoms with Gasteiger partial charge in [0.1, 0.15) is 0 Å². The molecular weight excluding hydrogens is 256 g/mol. The Morgan fingerprint density at radius 3 is 2.30 bits per heavy atom. The topological polar surface area (TPSA) is 0 Å². The molecule has 1 aromatic rings. The van der Waals surface area contributed by atoms with Crippen LogP contribution in [0.1, 0.15) is 44.1 Å². The lowest BCUT2D eigenvalue weighted by Gasteiger charge is -2.40. The van der Waals surface area contributed by atoms with Crippen molar-refractivity contribution < 1.29 is 0 Å². The summed E-state index contributed by atoms with van der Waals surface area (Å²) in [6, 6.07) is 11.4. The monoisotopic (exact) mass is 286 g/mol. The van der Waals surface area contributed by atoms with Crippen molar-refractivity contribution in [2.24, 2.45) is 17.8 Å². The second-order valence-electron chi connectivity index (χ2n) is 8.38. The highest BCUT2D eigenvalue weighted by molar-refractivity contribution is 6.77. The standard InChI is InChI=1S/C19H30Si/c1-14-13-18-16(15-9-6-5-7-10-15)11-8-12-17(18)19(14)20(2,3)4/h5-7,9-10,14,16-19H,8,11-13H2,1-4H3. The third-order valence-electron chi connectivity index (χ3n) is 6.07. The minimum absolute atomic E-state index is 0.846. The summed E-state index contributed by atoms with van der Waals surface area (Å²) in [6.07, 6.45) is 5.87. The van der Waals surface area contributed by atoms with Gasteiger partial charge in [0.2, 0.25) is 0 Å². The zero-order chi connectivity index (χ0) is 14.3. The Bertz CT molecular complexity index is 445. The zero-order valence-electron chi connectivity index (χ0n) is 13.6. The lowest BCUT2D eigenvalue weighted by atomic mass is 9.71. The Kier molecular flexibility index (Phi) is 3.83. The molecule has 0 heterocycles. The number of hydrogen-bond acceptors (Lipinski definition) is 0. The molecule has 2 fully saturated rings. The highest BCUT2D eigenvalue weighted by Crippen LogP contribution is 2.59. The first-order valence-corrected chi connectivity index (χ1v) is 12.1. The van der Waals surface area contributed by atoms with Crippen LogP contribution >= 0.6 is 0 Å². The molecular formula is C19H30Si. The number of benzene rings is 1.